The lowest BCUT2D eigenvalue weighted by atomic mass is 9.77. The number of alkyl halides is 3. The van der Waals surface area contributed by atoms with Crippen molar-refractivity contribution in [1.82, 2.24) is 0 Å². The molecule has 0 radical (unpaired) electrons. The van der Waals surface area contributed by atoms with E-state index in [1.54, 1.807) is 0 Å². The first kappa shape index (κ1) is 14.8. The molecule has 0 N–H and O–H groups in total. The second-order valence-corrected chi connectivity index (χ2v) is 4.40. The fourth-order valence-electron chi connectivity index (χ4n) is 2.11. The lowest BCUT2D eigenvalue weighted by Gasteiger charge is -2.31. The highest BCUT2D eigenvalue weighted by molar-refractivity contribution is 4.78. The maximum Gasteiger partial charge on any atom is 0.391 e. The summed E-state index contributed by atoms with van der Waals surface area (Å²) in [4.78, 5) is 0. The lowest BCUT2D eigenvalue weighted by Crippen LogP contribution is -2.29. The van der Waals surface area contributed by atoms with Crippen molar-refractivity contribution in [1.29, 1.82) is 0 Å². The number of rotatable bonds is 1. The van der Waals surface area contributed by atoms with Gasteiger partial charge in [0.25, 0.3) is 0 Å². The molecule has 0 bridgehead atoms. The molecule has 0 spiro atoms. The van der Waals surface area contributed by atoms with Gasteiger partial charge >= 0.3 is 6.18 Å². The van der Waals surface area contributed by atoms with E-state index in [1.165, 1.54) is 0 Å². The number of hydrogen-bond donors (Lipinski definition) is 0. The summed E-state index contributed by atoms with van der Waals surface area (Å²) in [6.45, 7) is 8.19. The minimum atomic E-state index is -3.96. The molecule has 0 nitrogen and oxygen atoms in total. The van der Waals surface area contributed by atoms with Crippen LogP contribution in [0.4, 0.5) is 13.2 Å². The molecule has 0 heterocycles. The van der Waals surface area contributed by atoms with Crippen molar-refractivity contribution in [3.8, 4) is 0 Å². The fourth-order valence-corrected chi connectivity index (χ4v) is 2.11. The molecular weight excluding hydrogens is 201 g/mol. The summed E-state index contributed by atoms with van der Waals surface area (Å²) in [7, 11) is 0. The molecule has 0 aromatic rings. The van der Waals surface area contributed by atoms with Crippen molar-refractivity contribution >= 4 is 0 Å². The van der Waals surface area contributed by atoms with E-state index >= 15 is 0 Å². The highest BCUT2D eigenvalue weighted by Crippen LogP contribution is 2.41. The van der Waals surface area contributed by atoms with Gasteiger partial charge in [-0.1, -0.05) is 27.7 Å². The Kier molecular flexibility index (Phi) is 6.30. The lowest BCUT2D eigenvalue weighted by molar-refractivity contribution is -0.184. The topological polar surface area (TPSA) is 0 Å². The van der Waals surface area contributed by atoms with Crippen LogP contribution in [0, 0.1) is 17.8 Å². The Balaban J connectivity index is 0.000000921. The smallest absolute Gasteiger partial charge is 0.171 e. The zero-order valence-electron chi connectivity index (χ0n) is 10.2. The van der Waals surface area contributed by atoms with E-state index in [0.29, 0.717) is 24.7 Å². The van der Waals surface area contributed by atoms with Crippen LogP contribution in [0.25, 0.3) is 0 Å². The Hall–Kier alpha value is -0.210. The molecule has 1 fully saturated rings. The average Bonchev–Trinajstić information content (AvgIpc) is 2.20. The van der Waals surface area contributed by atoms with Gasteiger partial charge in [-0.05, 0) is 37.5 Å². The summed E-state index contributed by atoms with van der Waals surface area (Å²) in [5.41, 5.74) is 0. The molecule has 15 heavy (non-hydrogen) atoms. The maximum absolute atomic E-state index is 12.3. The van der Waals surface area contributed by atoms with E-state index in [4.69, 9.17) is 0 Å². The Morgan fingerprint density at radius 2 is 1.33 bits per heavy atom. The highest BCUT2D eigenvalue weighted by atomic mass is 19.4. The van der Waals surface area contributed by atoms with Crippen LogP contribution in [0.15, 0.2) is 0 Å². The van der Waals surface area contributed by atoms with Crippen molar-refractivity contribution in [2.75, 3.05) is 0 Å². The zero-order chi connectivity index (χ0) is 12.1. The Morgan fingerprint density at radius 3 is 1.60 bits per heavy atom. The second-order valence-electron chi connectivity index (χ2n) is 4.40. The van der Waals surface area contributed by atoms with Gasteiger partial charge in [0.2, 0.25) is 0 Å². The molecule has 0 saturated heterocycles. The molecule has 0 amide bonds. The fraction of sp³-hybridized carbons (Fsp3) is 1.00. The van der Waals surface area contributed by atoms with Crippen LogP contribution in [0.2, 0.25) is 0 Å². The molecule has 1 aliphatic rings. The Morgan fingerprint density at radius 1 is 0.933 bits per heavy atom. The van der Waals surface area contributed by atoms with Crippen molar-refractivity contribution in [2.24, 2.45) is 17.8 Å². The molecule has 0 aliphatic heterocycles. The van der Waals surface area contributed by atoms with Gasteiger partial charge in [-0.3, -0.25) is 0 Å². The minimum absolute atomic E-state index is 0.340. The third kappa shape index (κ3) is 4.89. The van der Waals surface area contributed by atoms with Gasteiger partial charge in [-0.25, -0.2) is 0 Å². The normalized spacial score (nSPS) is 27.2. The minimum Gasteiger partial charge on any atom is -0.171 e. The monoisotopic (exact) mass is 224 g/mol. The number of halogens is 3. The van der Waals surface area contributed by atoms with Crippen molar-refractivity contribution < 1.29 is 13.2 Å². The van der Waals surface area contributed by atoms with Gasteiger partial charge in [0.1, 0.15) is 0 Å². The van der Waals surface area contributed by atoms with Gasteiger partial charge in [-0.15, -0.1) is 0 Å². The molecule has 0 atom stereocenters. The Bertz CT molecular complexity index is 153. The van der Waals surface area contributed by atoms with E-state index in [1.807, 2.05) is 13.8 Å². The van der Waals surface area contributed by atoms with Gasteiger partial charge < -0.3 is 0 Å². The van der Waals surface area contributed by atoms with E-state index in [9.17, 15) is 13.2 Å². The molecular formula is C12H23F3. The first-order valence-electron chi connectivity index (χ1n) is 5.98. The summed E-state index contributed by atoms with van der Waals surface area (Å²) in [6, 6.07) is 0. The van der Waals surface area contributed by atoms with Crippen LogP contribution in [0.3, 0.4) is 0 Å². The molecule has 3 heteroatoms. The van der Waals surface area contributed by atoms with Gasteiger partial charge in [0, 0.05) is 0 Å². The van der Waals surface area contributed by atoms with Crippen molar-refractivity contribution in [3.63, 3.8) is 0 Å². The molecule has 92 valence electrons. The van der Waals surface area contributed by atoms with Gasteiger partial charge in [0.15, 0.2) is 0 Å². The average molecular weight is 224 g/mol. The third-order valence-electron chi connectivity index (χ3n) is 3.18. The van der Waals surface area contributed by atoms with Crippen molar-refractivity contribution in [2.45, 2.75) is 59.6 Å². The van der Waals surface area contributed by atoms with Crippen molar-refractivity contribution in [3.05, 3.63) is 0 Å². The standard InChI is InChI=1S/C10H17F3.C2H6/c1-7(2)8-3-5-9(6-4-8)10(11,12)13;1-2/h7-9H,3-6H2,1-2H3;1-2H3. The summed E-state index contributed by atoms with van der Waals surface area (Å²) < 4.78 is 36.8. The predicted octanol–water partition coefficient (Wildman–Crippen LogP) is 5.04. The van der Waals surface area contributed by atoms with Crippen LogP contribution in [-0.2, 0) is 0 Å². The molecule has 1 rings (SSSR count). The third-order valence-corrected chi connectivity index (χ3v) is 3.18. The van der Waals surface area contributed by atoms with E-state index in [-0.39, 0.29) is 0 Å². The largest absolute Gasteiger partial charge is 0.391 e. The van der Waals surface area contributed by atoms with Crippen LogP contribution < -0.4 is 0 Å². The van der Waals surface area contributed by atoms with Gasteiger partial charge in [0.05, 0.1) is 5.92 Å². The molecule has 0 aromatic heterocycles. The molecule has 1 saturated carbocycles. The van der Waals surface area contributed by atoms with Gasteiger partial charge in [-0.2, -0.15) is 13.2 Å². The van der Waals surface area contributed by atoms with E-state index in [0.717, 1.165) is 12.8 Å². The summed E-state index contributed by atoms with van der Waals surface area (Å²) in [5, 5.41) is 0. The highest BCUT2D eigenvalue weighted by Gasteiger charge is 2.41. The van der Waals surface area contributed by atoms with Crippen LogP contribution in [0.1, 0.15) is 53.4 Å². The zero-order valence-corrected chi connectivity index (χ0v) is 10.2. The van der Waals surface area contributed by atoms with Crippen LogP contribution >= 0.6 is 0 Å². The second kappa shape index (κ2) is 6.39. The quantitative estimate of drug-likeness (QED) is 0.585. The van der Waals surface area contributed by atoms with E-state index < -0.39 is 12.1 Å². The molecule has 0 aromatic carbocycles. The summed E-state index contributed by atoms with van der Waals surface area (Å²) >= 11 is 0. The SMILES string of the molecule is CC.CC(C)C1CCC(C(F)(F)F)CC1. The predicted molar refractivity (Wildman–Crippen MR) is 57.7 cm³/mol. The van der Waals surface area contributed by atoms with E-state index in [2.05, 4.69) is 13.8 Å². The molecule has 0 unspecified atom stereocenters. The first-order chi connectivity index (χ1) is 6.91. The molecule has 1 aliphatic carbocycles. The first-order valence-corrected chi connectivity index (χ1v) is 5.98. The summed E-state index contributed by atoms with van der Waals surface area (Å²) in [6.07, 6.45) is -1.77. The summed E-state index contributed by atoms with van der Waals surface area (Å²) in [5.74, 6) is 0.0234. The van der Waals surface area contributed by atoms with Crippen LogP contribution in [-0.4, -0.2) is 6.18 Å². The Labute approximate surface area is 91.3 Å². The van der Waals surface area contributed by atoms with Crippen LogP contribution in [0.5, 0.6) is 0 Å². The maximum atomic E-state index is 12.3. The number of hydrogen-bond acceptors (Lipinski definition) is 0.